The zero-order valence-electron chi connectivity index (χ0n) is 10.4. The lowest BCUT2D eigenvalue weighted by Crippen LogP contribution is -2.64. The molecule has 1 heterocycles. The Hall–Kier alpha value is -0.770. The third-order valence-electron chi connectivity index (χ3n) is 3.61. The van der Waals surface area contributed by atoms with Gasteiger partial charge in [0.05, 0.1) is 25.7 Å². The van der Waals surface area contributed by atoms with Crippen molar-refractivity contribution in [1.29, 1.82) is 0 Å². The summed E-state index contributed by atoms with van der Waals surface area (Å²) in [4.78, 5) is 0. The van der Waals surface area contributed by atoms with Gasteiger partial charge in [0.15, 0.2) is 0 Å². The summed E-state index contributed by atoms with van der Waals surface area (Å²) in [5, 5.41) is 0.691. The fourth-order valence-electron chi connectivity index (χ4n) is 2.23. The van der Waals surface area contributed by atoms with E-state index in [1.165, 1.54) is 0 Å². The Labute approximate surface area is 107 Å². The SMILES string of the molecule is COc1ccc(Cl)cc1C1(C(C)(C)N)COC1. The highest BCUT2D eigenvalue weighted by atomic mass is 35.5. The van der Waals surface area contributed by atoms with Crippen LogP contribution in [0.4, 0.5) is 0 Å². The van der Waals surface area contributed by atoms with Crippen LogP contribution in [0.2, 0.25) is 5.02 Å². The first kappa shape index (κ1) is 12.7. The van der Waals surface area contributed by atoms with Gasteiger partial charge in [-0.15, -0.1) is 0 Å². The molecule has 1 aliphatic rings. The van der Waals surface area contributed by atoms with Crippen LogP contribution in [-0.2, 0) is 10.2 Å². The average molecular weight is 256 g/mol. The number of halogens is 1. The number of benzene rings is 1. The average Bonchev–Trinajstić information content (AvgIpc) is 2.14. The summed E-state index contributed by atoms with van der Waals surface area (Å²) in [7, 11) is 1.66. The van der Waals surface area contributed by atoms with E-state index in [2.05, 4.69) is 0 Å². The molecule has 0 bridgehead atoms. The molecule has 0 unspecified atom stereocenters. The first-order valence-electron chi connectivity index (χ1n) is 5.61. The molecule has 0 radical (unpaired) electrons. The molecular weight excluding hydrogens is 238 g/mol. The van der Waals surface area contributed by atoms with Crippen molar-refractivity contribution < 1.29 is 9.47 Å². The van der Waals surface area contributed by atoms with Crippen LogP contribution >= 0.6 is 11.6 Å². The van der Waals surface area contributed by atoms with Crippen LogP contribution in [0.5, 0.6) is 5.75 Å². The topological polar surface area (TPSA) is 44.5 Å². The summed E-state index contributed by atoms with van der Waals surface area (Å²) in [5.41, 5.74) is 6.73. The molecule has 0 saturated carbocycles. The van der Waals surface area contributed by atoms with Crippen molar-refractivity contribution in [1.82, 2.24) is 0 Å². The van der Waals surface area contributed by atoms with Crippen LogP contribution < -0.4 is 10.5 Å². The minimum absolute atomic E-state index is 0.219. The smallest absolute Gasteiger partial charge is 0.122 e. The van der Waals surface area contributed by atoms with Gasteiger partial charge in [-0.25, -0.2) is 0 Å². The maximum atomic E-state index is 6.30. The zero-order chi connectivity index (χ0) is 12.7. The van der Waals surface area contributed by atoms with Gasteiger partial charge in [-0.1, -0.05) is 11.6 Å². The number of rotatable bonds is 3. The van der Waals surface area contributed by atoms with E-state index in [-0.39, 0.29) is 11.0 Å². The third kappa shape index (κ3) is 1.92. The second kappa shape index (κ2) is 4.16. The molecule has 1 aliphatic heterocycles. The van der Waals surface area contributed by atoms with E-state index in [1.807, 2.05) is 32.0 Å². The standard InChI is InChI=1S/C13H18ClNO2/c1-12(2,15)13(7-17-8-13)10-6-9(14)4-5-11(10)16-3/h4-6H,7-8,15H2,1-3H3. The highest BCUT2D eigenvalue weighted by Gasteiger charge is 2.51. The Kier molecular flexibility index (Phi) is 3.10. The number of hydrogen-bond donors (Lipinski definition) is 1. The molecule has 0 amide bonds. The van der Waals surface area contributed by atoms with E-state index in [9.17, 15) is 0 Å². The second-order valence-electron chi connectivity index (χ2n) is 5.14. The molecule has 0 aromatic heterocycles. The first-order valence-corrected chi connectivity index (χ1v) is 5.99. The minimum Gasteiger partial charge on any atom is -0.496 e. The largest absolute Gasteiger partial charge is 0.496 e. The van der Waals surface area contributed by atoms with Crippen molar-refractivity contribution in [2.45, 2.75) is 24.8 Å². The lowest BCUT2D eigenvalue weighted by atomic mass is 9.65. The van der Waals surface area contributed by atoms with Gasteiger partial charge in [0.2, 0.25) is 0 Å². The molecule has 0 atom stereocenters. The quantitative estimate of drug-likeness (QED) is 0.902. The summed E-state index contributed by atoms with van der Waals surface area (Å²) in [6.07, 6.45) is 0. The molecule has 1 aromatic carbocycles. The highest BCUT2D eigenvalue weighted by Crippen LogP contribution is 2.45. The fraction of sp³-hybridized carbons (Fsp3) is 0.538. The van der Waals surface area contributed by atoms with Crippen LogP contribution in [0.3, 0.4) is 0 Å². The van der Waals surface area contributed by atoms with Crippen molar-refractivity contribution in [3.63, 3.8) is 0 Å². The summed E-state index contributed by atoms with van der Waals surface area (Å²) >= 11 is 6.07. The van der Waals surface area contributed by atoms with Crippen LogP contribution in [0, 0.1) is 0 Å². The lowest BCUT2D eigenvalue weighted by molar-refractivity contribution is -0.0927. The monoisotopic (exact) mass is 255 g/mol. The van der Waals surface area contributed by atoms with Crippen molar-refractivity contribution in [3.05, 3.63) is 28.8 Å². The molecule has 1 aromatic rings. The molecule has 2 rings (SSSR count). The number of methoxy groups -OCH3 is 1. The maximum Gasteiger partial charge on any atom is 0.122 e. The molecule has 94 valence electrons. The van der Waals surface area contributed by atoms with Crippen LogP contribution in [-0.4, -0.2) is 25.9 Å². The molecule has 4 heteroatoms. The summed E-state index contributed by atoms with van der Waals surface area (Å²) < 4.78 is 10.8. The van der Waals surface area contributed by atoms with E-state index in [1.54, 1.807) is 7.11 Å². The van der Waals surface area contributed by atoms with Gasteiger partial charge < -0.3 is 15.2 Å². The maximum absolute atomic E-state index is 6.30. The van der Waals surface area contributed by atoms with Gasteiger partial charge in [-0.05, 0) is 32.0 Å². The third-order valence-corrected chi connectivity index (χ3v) is 3.84. The minimum atomic E-state index is -0.386. The Morgan fingerprint density at radius 1 is 1.41 bits per heavy atom. The zero-order valence-corrected chi connectivity index (χ0v) is 11.2. The van der Waals surface area contributed by atoms with Crippen molar-refractivity contribution >= 4 is 11.6 Å². The molecular formula is C13H18ClNO2. The molecule has 17 heavy (non-hydrogen) atoms. The van der Waals surface area contributed by atoms with Gasteiger partial charge in [0, 0.05) is 16.1 Å². The lowest BCUT2D eigenvalue weighted by Gasteiger charge is -2.51. The van der Waals surface area contributed by atoms with Crippen molar-refractivity contribution in [2.75, 3.05) is 20.3 Å². The van der Waals surface area contributed by atoms with Crippen LogP contribution in [0.15, 0.2) is 18.2 Å². The molecule has 3 nitrogen and oxygen atoms in total. The predicted molar refractivity (Wildman–Crippen MR) is 68.8 cm³/mol. The predicted octanol–water partition coefficient (Wildman–Crippen LogP) is 2.35. The van der Waals surface area contributed by atoms with Crippen LogP contribution in [0.25, 0.3) is 0 Å². The highest BCUT2D eigenvalue weighted by molar-refractivity contribution is 6.30. The van der Waals surface area contributed by atoms with Gasteiger partial charge in [0.25, 0.3) is 0 Å². The number of nitrogens with two attached hydrogens (primary N) is 1. The number of hydrogen-bond acceptors (Lipinski definition) is 3. The molecule has 0 spiro atoms. The molecule has 1 saturated heterocycles. The Bertz CT molecular complexity index is 422. The van der Waals surface area contributed by atoms with E-state index in [0.29, 0.717) is 18.2 Å². The normalized spacial score (nSPS) is 18.6. The van der Waals surface area contributed by atoms with Gasteiger partial charge >= 0.3 is 0 Å². The second-order valence-corrected chi connectivity index (χ2v) is 5.58. The van der Waals surface area contributed by atoms with E-state index >= 15 is 0 Å². The summed E-state index contributed by atoms with van der Waals surface area (Å²) in [6, 6.07) is 5.63. The molecule has 0 aliphatic carbocycles. The van der Waals surface area contributed by atoms with Gasteiger partial charge in [-0.2, -0.15) is 0 Å². The van der Waals surface area contributed by atoms with Crippen molar-refractivity contribution in [3.8, 4) is 5.75 Å². The van der Waals surface area contributed by atoms with E-state index in [4.69, 9.17) is 26.8 Å². The summed E-state index contributed by atoms with van der Waals surface area (Å²) in [6.45, 7) is 5.23. The molecule has 2 N–H and O–H groups in total. The summed E-state index contributed by atoms with van der Waals surface area (Å²) in [5.74, 6) is 0.816. The number of ether oxygens (including phenoxy) is 2. The van der Waals surface area contributed by atoms with Gasteiger partial charge in [0.1, 0.15) is 5.75 Å². The van der Waals surface area contributed by atoms with Crippen molar-refractivity contribution in [2.24, 2.45) is 5.73 Å². The first-order chi connectivity index (χ1) is 7.90. The fourth-order valence-corrected chi connectivity index (χ4v) is 2.41. The van der Waals surface area contributed by atoms with E-state index < -0.39 is 0 Å². The van der Waals surface area contributed by atoms with E-state index in [0.717, 1.165) is 11.3 Å². The Morgan fingerprint density at radius 3 is 2.47 bits per heavy atom. The van der Waals surface area contributed by atoms with Gasteiger partial charge in [-0.3, -0.25) is 0 Å². The van der Waals surface area contributed by atoms with Crippen LogP contribution in [0.1, 0.15) is 19.4 Å². The Balaban J connectivity index is 2.54. The molecule has 1 fully saturated rings. The Morgan fingerprint density at radius 2 is 2.06 bits per heavy atom.